The number of hydrogen-bond acceptors (Lipinski definition) is 4. The quantitative estimate of drug-likeness (QED) is 0.422. The lowest BCUT2D eigenvalue weighted by Gasteiger charge is -2.08. The van der Waals surface area contributed by atoms with Crippen molar-refractivity contribution in [3.8, 4) is 0 Å². The maximum Gasteiger partial charge on any atom is 0.348 e. The number of fused-ring (bicyclic) bond motifs is 1. The molecule has 1 N–H and O–H groups in total. The number of hydrogen-bond donors (Lipinski definition) is 1. The summed E-state index contributed by atoms with van der Waals surface area (Å²) in [4.78, 5) is 33.9. The minimum absolute atomic E-state index is 0.0127. The average Bonchev–Trinajstić information content (AvgIpc) is 2.50. The highest BCUT2D eigenvalue weighted by atomic mass is 79.9. The van der Waals surface area contributed by atoms with Crippen molar-refractivity contribution in [2.75, 3.05) is 0 Å². The van der Waals surface area contributed by atoms with E-state index in [-0.39, 0.29) is 30.1 Å². The molecule has 0 fully saturated rings. The predicted octanol–water partition coefficient (Wildman–Crippen LogP) is 2.98. The molecule has 0 aliphatic carbocycles. The summed E-state index contributed by atoms with van der Waals surface area (Å²) in [5, 5.41) is 9.04. The van der Waals surface area contributed by atoms with E-state index in [0.717, 1.165) is 0 Å². The Hall–Kier alpha value is -0.730. The summed E-state index contributed by atoms with van der Waals surface area (Å²) in [5.74, 6) is -2.91. The van der Waals surface area contributed by atoms with Crippen molar-refractivity contribution in [3.63, 3.8) is 0 Å². The van der Waals surface area contributed by atoms with Crippen LogP contribution >= 0.6 is 47.8 Å². The Morgan fingerprint density at radius 3 is 1.88 bits per heavy atom. The molecule has 0 bridgehead atoms. The van der Waals surface area contributed by atoms with Gasteiger partial charge in [-0.1, -0.05) is 0 Å². The molecule has 1 heterocycles. The number of halogens is 3. The van der Waals surface area contributed by atoms with Gasteiger partial charge in [0, 0.05) is 13.4 Å². The highest BCUT2D eigenvalue weighted by molar-refractivity contribution is 9.13. The smallest absolute Gasteiger partial charge is 0.348 e. The first-order valence-corrected chi connectivity index (χ1v) is 6.44. The van der Waals surface area contributed by atoms with Crippen molar-refractivity contribution in [2.45, 2.75) is 0 Å². The molecule has 0 saturated carbocycles. The predicted molar refractivity (Wildman–Crippen MR) is 66.2 cm³/mol. The normalized spacial score (nSPS) is 13.6. The second-order valence-corrected chi connectivity index (χ2v) is 5.43. The Balaban J connectivity index is 2.94. The van der Waals surface area contributed by atoms with Crippen molar-refractivity contribution in [3.05, 3.63) is 30.1 Å². The Morgan fingerprint density at radius 2 is 1.41 bits per heavy atom. The molecule has 0 radical (unpaired) electrons. The van der Waals surface area contributed by atoms with E-state index in [4.69, 9.17) is 5.11 Å². The number of carboxylic acids is 1. The highest BCUT2D eigenvalue weighted by Crippen LogP contribution is 2.41. The van der Waals surface area contributed by atoms with E-state index in [1.807, 2.05) is 0 Å². The number of aromatic carboxylic acids is 1. The zero-order valence-electron chi connectivity index (χ0n) is 7.71. The maximum absolute atomic E-state index is 11.4. The monoisotopic (exact) mass is 426 g/mol. The van der Waals surface area contributed by atoms with E-state index >= 15 is 0 Å². The maximum atomic E-state index is 11.4. The van der Waals surface area contributed by atoms with E-state index in [1.54, 1.807) is 0 Å². The van der Waals surface area contributed by atoms with Gasteiger partial charge in [0.15, 0.2) is 0 Å². The number of carbonyl (C=O) groups excluding carboxylic acids is 2. The van der Waals surface area contributed by atoms with Crippen molar-refractivity contribution in [2.24, 2.45) is 0 Å². The fourth-order valence-corrected chi connectivity index (χ4v) is 3.54. The van der Waals surface area contributed by atoms with Crippen LogP contribution in [0.3, 0.4) is 0 Å². The second-order valence-electron chi connectivity index (χ2n) is 3.05. The van der Waals surface area contributed by atoms with Crippen LogP contribution in [0.1, 0.15) is 31.1 Å². The molecule has 8 heteroatoms. The Labute approximate surface area is 120 Å². The topological polar surface area (TPSA) is 80.7 Å². The van der Waals surface area contributed by atoms with Gasteiger partial charge in [-0.25, -0.2) is 14.4 Å². The van der Waals surface area contributed by atoms with Gasteiger partial charge in [0.1, 0.15) is 0 Å². The Kier molecular flexibility index (Phi) is 3.13. The van der Waals surface area contributed by atoms with E-state index in [9.17, 15) is 14.4 Å². The average molecular weight is 429 g/mol. The van der Waals surface area contributed by atoms with Crippen molar-refractivity contribution >= 4 is 65.7 Å². The van der Waals surface area contributed by atoms with E-state index in [1.165, 1.54) is 0 Å². The summed E-state index contributed by atoms with van der Waals surface area (Å²) < 4.78 is 4.80. The van der Waals surface area contributed by atoms with Gasteiger partial charge in [-0.05, 0) is 47.8 Å². The summed E-state index contributed by atoms with van der Waals surface area (Å²) in [6.07, 6.45) is 0. The van der Waals surface area contributed by atoms with Gasteiger partial charge in [0.25, 0.3) is 0 Å². The molecular weight excluding hydrogens is 428 g/mol. The van der Waals surface area contributed by atoms with Gasteiger partial charge in [-0.15, -0.1) is 0 Å². The van der Waals surface area contributed by atoms with Gasteiger partial charge in [0.2, 0.25) is 0 Å². The number of rotatable bonds is 1. The SMILES string of the molecule is O=C(O)c1c(Br)c(Br)c2c(c1Br)C(=O)OC2=O. The highest BCUT2D eigenvalue weighted by Gasteiger charge is 2.38. The standard InChI is InChI=1S/C9HBr3O5/c10-4-1-2(9(16)17-8(1)15)5(11)6(12)3(4)7(13)14/h(H,13,14). The molecule has 5 nitrogen and oxygen atoms in total. The van der Waals surface area contributed by atoms with Crippen LogP contribution in [0, 0.1) is 0 Å². The van der Waals surface area contributed by atoms with E-state index in [2.05, 4.69) is 52.5 Å². The van der Waals surface area contributed by atoms with Crippen LogP contribution in [0.4, 0.5) is 0 Å². The third kappa shape index (κ3) is 1.74. The van der Waals surface area contributed by atoms with Crippen LogP contribution in [0.2, 0.25) is 0 Å². The molecule has 1 aliphatic heterocycles. The van der Waals surface area contributed by atoms with Gasteiger partial charge in [0.05, 0.1) is 16.7 Å². The minimum Gasteiger partial charge on any atom is -0.478 e. The molecule has 2 rings (SSSR count). The first-order chi connectivity index (χ1) is 7.86. The molecule has 0 unspecified atom stereocenters. The number of esters is 2. The van der Waals surface area contributed by atoms with Crippen molar-refractivity contribution < 1.29 is 24.2 Å². The van der Waals surface area contributed by atoms with Crippen molar-refractivity contribution in [1.82, 2.24) is 0 Å². The third-order valence-corrected chi connectivity index (χ3v) is 5.04. The molecule has 0 spiro atoms. The lowest BCUT2D eigenvalue weighted by Crippen LogP contribution is -2.06. The van der Waals surface area contributed by atoms with Gasteiger partial charge < -0.3 is 9.84 Å². The van der Waals surface area contributed by atoms with Gasteiger partial charge >= 0.3 is 17.9 Å². The van der Waals surface area contributed by atoms with Crippen LogP contribution in [0.25, 0.3) is 0 Å². The fraction of sp³-hybridized carbons (Fsp3) is 0. The summed E-state index contributed by atoms with van der Waals surface area (Å²) in [5.41, 5.74) is -0.219. The van der Waals surface area contributed by atoms with Gasteiger partial charge in [-0.3, -0.25) is 0 Å². The first-order valence-electron chi connectivity index (χ1n) is 4.06. The molecular formula is C9HBr3O5. The summed E-state index contributed by atoms with van der Waals surface area (Å²) in [7, 11) is 0. The fourth-order valence-electron chi connectivity index (χ4n) is 1.42. The van der Waals surface area contributed by atoms with Crippen LogP contribution < -0.4 is 0 Å². The molecule has 1 aliphatic rings. The number of cyclic esters (lactones) is 2. The van der Waals surface area contributed by atoms with Gasteiger partial charge in [-0.2, -0.15) is 0 Å². The second kappa shape index (κ2) is 4.18. The Bertz CT molecular complexity index is 593. The van der Waals surface area contributed by atoms with Crippen LogP contribution in [-0.4, -0.2) is 23.0 Å². The third-order valence-electron chi connectivity index (χ3n) is 2.13. The molecule has 0 saturated heterocycles. The molecule has 17 heavy (non-hydrogen) atoms. The number of benzene rings is 1. The summed E-state index contributed by atoms with van der Waals surface area (Å²) in [6, 6.07) is 0. The number of carbonyl (C=O) groups is 3. The lowest BCUT2D eigenvalue weighted by molar-refractivity contribution is 0.0443. The largest absolute Gasteiger partial charge is 0.478 e. The van der Waals surface area contributed by atoms with Crippen LogP contribution in [0.5, 0.6) is 0 Å². The molecule has 88 valence electrons. The van der Waals surface area contributed by atoms with Crippen molar-refractivity contribution in [1.29, 1.82) is 0 Å². The number of ether oxygens (including phenoxy) is 1. The molecule has 1 aromatic carbocycles. The van der Waals surface area contributed by atoms with E-state index < -0.39 is 17.9 Å². The zero-order chi connectivity index (χ0) is 12.9. The molecule has 1 aromatic rings. The zero-order valence-corrected chi connectivity index (χ0v) is 12.5. The van der Waals surface area contributed by atoms with Crippen LogP contribution in [0.15, 0.2) is 13.4 Å². The Morgan fingerprint density at radius 1 is 0.941 bits per heavy atom. The number of carboxylic acid groups (broad SMARTS) is 1. The van der Waals surface area contributed by atoms with Crippen LogP contribution in [-0.2, 0) is 4.74 Å². The minimum atomic E-state index is -1.24. The molecule has 0 amide bonds. The summed E-state index contributed by atoms with van der Waals surface area (Å²) >= 11 is 9.13. The molecule has 0 atom stereocenters. The first kappa shape index (κ1) is 12.7. The lowest BCUT2D eigenvalue weighted by atomic mass is 10.1. The summed E-state index contributed by atoms with van der Waals surface area (Å²) in [6.45, 7) is 0. The van der Waals surface area contributed by atoms with E-state index in [0.29, 0.717) is 0 Å². The molecule has 0 aromatic heterocycles.